The quantitative estimate of drug-likeness (QED) is 0.373. The van der Waals surface area contributed by atoms with E-state index in [1.165, 1.54) is 24.8 Å². The lowest BCUT2D eigenvalue weighted by molar-refractivity contribution is 0.411. The number of imidazole rings is 1. The number of nitrogens with zero attached hydrogens (tertiary/aromatic N) is 3. The lowest BCUT2D eigenvalue weighted by atomic mass is 9.89. The Morgan fingerprint density at radius 3 is 2.73 bits per heavy atom. The Balaban J connectivity index is 1.46. The average molecular weight is 442 g/mol. The minimum absolute atomic E-state index is 0.386. The van der Waals surface area contributed by atoms with Gasteiger partial charge in [-0.3, -0.25) is 10.1 Å². The molecule has 4 heterocycles. The zero-order valence-corrected chi connectivity index (χ0v) is 18.2. The highest BCUT2D eigenvalue weighted by molar-refractivity contribution is 5.96. The number of hydrogen-bond acceptors (Lipinski definition) is 5. The van der Waals surface area contributed by atoms with E-state index in [1.807, 2.05) is 6.07 Å². The van der Waals surface area contributed by atoms with Crippen LogP contribution >= 0.6 is 0 Å². The Morgan fingerprint density at radius 2 is 1.88 bits per heavy atom. The number of halogens is 1. The first kappa shape index (κ1) is 19.9. The van der Waals surface area contributed by atoms with Gasteiger partial charge in [0.05, 0.1) is 23.8 Å². The van der Waals surface area contributed by atoms with E-state index in [0.29, 0.717) is 34.3 Å². The van der Waals surface area contributed by atoms with E-state index in [0.717, 1.165) is 48.0 Å². The number of rotatable bonds is 4. The van der Waals surface area contributed by atoms with E-state index >= 15 is 0 Å². The second kappa shape index (κ2) is 7.97. The SMILES string of the molecule is COc1cc(F)cc(-c2nccc3[nH]c(-c4n[nH]c5ccc(C6CCNCC6)cc45)nc23)c1. The van der Waals surface area contributed by atoms with Gasteiger partial charge in [-0.1, -0.05) is 6.07 Å². The third kappa shape index (κ3) is 3.52. The van der Waals surface area contributed by atoms with Crippen molar-refractivity contribution in [1.82, 2.24) is 30.5 Å². The maximum absolute atomic E-state index is 14.1. The first-order valence-corrected chi connectivity index (χ1v) is 11.1. The fraction of sp³-hybridized carbons (Fsp3) is 0.240. The number of fused-ring (bicyclic) bond motifs is 2. The molecule has 0 aliphatic carbocycles. The molecule has 8 heteroatoms. The number of benzene rings is 2. The molecule has 1 aliphatic heterocycles. The zero-order valence-electron chi connectivity index (χ0n) is 18.2. The summed E-state index contributed by atoms with van der Waals surface area (Å²) >= 11 is 0. The van der Waals surface area contributed by atoms with Crippen LogP contribution in [0.2, 0.25) is 0 Å². The van der Waals surface area contributed by atoms with Crippen molar-refractivity contribution in [2.24, 2.45) is 0 Å². The van der Waals surface area contributed by atoms with Crippen molar-refractivity contribution in [3.05, 3.63) is 60.0 Å². The lowest BCUT2D eigenvalue weighted by Gasteiger charge is -2.23. The van der Waals surface area contributed by atoms with Gasteiger partial charge in [-0.25, -0.2) is 9.37 Å². The van der Waals surface area contributed by atoms with Gasteiger partial charge in [-0.05, 0) is 67.7 Å². The minimum Gasteiger partial charge on any atom is -0.497 e. The maximum Gasteiger partial charge on any atom is 0.159 e. The molecule has 0 atom stereocenters. The van der Waals surface area contributed by atoms with E-state index < -0.39 is 0 Å². The molecule has 1 saturated heterocycles. The van der Waals surface area contributed by atoms with Gasteiger partial charge in [0.15, 0.2) is 5.82 Å². The van der Waals surface area contributed by atoms with Crippen LogP contribution in [0.15, 0.2) is 48.7 Å². The van der Waals surface area contributed by atoms with Crippen LogP contribution in [0.5, 0.6) is 5.75 Å². The van der Waals surface area contributed by atoms with Crippen LogP contribution in [0.1, 0.15) is 24.3 Å². The van der Waals surface area contributed by atoms with Crippen LogP contribution in [0, 0.1) is 5.82 Å². The molecule has 0 unspecified atom stereocenters. The second-order valence-corrected chi connectivity index (χ2v) is 8.42. The van der Waals surface area contributed by atoms with Crippen LogP contribution in [-0.4, -0.2) is 45.3 Å². The van der Waals surface area contributed by atoms with Gasteiger partial charge in [0, 0.05) is 23.2 Å². The third-order valence-electron chi connectivity index (χ3n) is 6.40. The molecule has 33 heavy (non-hydrogen) atoms. The Labute approximate surface area is 189 Å². The summed E-state index contributed by atoms with van der Waals surface area (Å²) in [6.45, 7) is 2.09. The molecule has 5 aromatic rings. The van der Waals surface area contributed by atoms with Crippen molar-refractivity contribution in [3.63, 3.8) is 0 Å². The minimum atomic E-state index is -0.386. The first-order chi connectivity index (χ1) is 16.2. The number of ether oxygens (including phenoxy) is 1. The van der Waals surface area contributed by atoms with E-state index in [4.69, 9.17) is 9.72 Å². The molecule has 7 nitrogen and oxygen atoms in total. The summed E-state index contributed by atoms with van der Waals surface area (Å²) in [4.78, 5) is 12.7. The fourth-order valence-electron chi connectivity index (χ4n) is 4.70. The normalized spacial score (nSPS) is 14.8. The molecule has 0 radical (unpaired) electrons. The standard InChI is InChI=1S/C25H23FN6O/c1-33-18-11-16(10-17(26)13-18)22-24-21(6-9-28-22)29-25(30-24)23-19-12-15(2-3-20(19)31-32-23)14-4-7-27-8-5-14/h2-3,6,9-14,27H,4-5,7-8H2,1H3,(H,29,30)(H,31,32). The highest BCUT2D eigenvalue weighted by atomic mass is 19.1. The van der Waals surface area contributed by atoms with Crippen molar-refractivity contribution in [3.8, 4) is 28.5 Å². The topological polar surface area (TPSA) is 91.5 Å². The molecule has 3 N–H and O–H groups in total. The van der Waals surface area contributed by atoms with Crippen LogP contribution in [0.25, 0.3) is 44.7 Å². The van der Waals surface area contributed by atoms with Gasteiger partial charge in [0.1, 0.15) is 22.8 Å². The van der Waals surface area contributed by atoms with Crippen LogP contribution < -0.4 is 10.1 Å². The summed E-state index contributed by atoms with van der Waals surface area (Å²) in [7, 11) is 1.51. The maximum atomic E-state index is 14.1. The zero-order chi connectivity index (χ0) is 22.4. The number of aromatic amines is 2. The highest BCUT2D eigenvalue weighted by Gasteiger charge is 2.19. The molecule has 0 bridgehead atoms. The van der Waals surface area contributed by atoms with Crippen LogP contribution in [-0.2, 0) is 0 Å². The smallest absolute Gasteiger partial charge is 0.159 e. The van der Waals surface area contributed by atoms with Crippen molar-refractivity contribution >= 4 is 21.9 Å². The summed E-state index contributed by atoms with van der Waals surface area (Å²) in [5, 5.41) is 12.1. The van der Waals surface area contributed by atoms with Gasteiger partial charge in [-0.15, -0.1) is 0 Å². The van der Waals surface area contributed by atoms with Crippen molar-refractivity contribution in [2.75, 3.05) is 20.2 Å². The molecule has 1 aliphatic rings. The number of pyridine rings is 1. The predicted molar refractivity (Wildman–Crippen MR) is 126 cm³/mol. The van der Waals surface area contributed by atoms with Gasteiger partial charge in [0.2, 0.25) is 0 Å². The Bertz CT molecular complexity index is 1470. The first-order valence-electron chi connectivity index (χ1n) is 11.1. The van der Waals surface area contributed by atoms with Crippen molar-refractivity contribution < 1.29 is 9.13 Å². The molecule has 2 aromatic carbocycles. The molecule has 0 saturated carbocycles. The average Bonchev–Trinajstić information content (AvgIpc) is 3.47. The summed E-state index contributed by atoms with van der Waals surface area (Å²) in [5.41, 5.74) is 5.72. The van der Waals surface area contributed by atoms with Crippen LogP contribution in [0.3, 0.4) is 0 Å². The largest absolute Gasteiger partial charge is 0.497 e. The Hall–Kier alpha value is -3.78. The molecule has 6 rings (SSSR count). The number of H-pyrrole nitrogens is 2. The molecular weight excluding hydrogens is 419 g/mol. The number of hydrogen-bond donors (Lipinski definition) is 3. The third-order valence-corrected chi connectivity index (χ3v) is 6.40. The number of nitrogens with one attached hydrogen (secondary N) is 3. The number of aromatic nitrogens is 5. The summed E-state index contributed by atoms with van der Waals surface area (Å²) in [5.74, 6) is 1.25. The Kier molecular flexibility index (Phi) is 4.80. The number of methoxy groups -OCH3 is 1. The molecule has 0 spiro atoms. The van der Waals surface area contributed by atoms with Crippen LogP contribution in [0.4, 0.5) is 4.39 Å². The van der Waals surface area contributed by atoms with E-state index in [2.05, 4.69) is 43.7 Å². The summed E-state index contributed by atoms with van der Waals surface area (Å²) in [6.07, 6.45) is 3.96. The lowest BCUT2D eigenvalue weighted by Crippen LogP contribution is -2.26. The van der Waals surface area contributed by atoms with E-state index in [1.54, 1.807) is 12.3 Å². The Morgan fingerprint density at radius 1 is 1.00 bits per heavy atom. The number of piperidine rings is 1. The van der Waals surface area contributed by atoms with E-state index in [-0.39, 0.29) is 5.82 Å². The second-order valence-electron chi connectivity index (χ2n) is 8.42. The van der Waals surface area contributed by atoms with Gasteiger partial charge in [0.25, 0.3) is 0 Å². The molecule has 0 amide bonds. The van der Waals surface area contributed by atoms with Crippen molar-refractivity contribution in [1.29, 1.82) is 0 Å². The van der Waals surface area contributed by atoms with Gasteiger partial charge < -0.3 is 15.0 Å². The van der Waals surface area contributed by atoms with Gasteiger partial charge in [-0.2, -0.15) is 5.10 Å². The van der Waals surface area contributed by atoms with Crippen molar-refractivity contribution in [2.45, 2.75) is 18.8 Å². The highest BCUT2D eigenvalue weighted by Crippen LogP contribution is 2.34. The van der Waals surface area contributed by atoms with Gasteiger partial charge >= 0.3 is 0 Å². The summed E-state index contributed by atoms with van der Waals surface area (Å²) < 4.78 is 19.4. The van der Waals surface area contributed by atoms with E-state index in [9.17, 15) is 4.39 Å². The fourth-order valence-corrected chi connectivity index (χ4v) is 4.70. The molecular formula is C25H23FN6O. The molecule has 166 valence electrons. The molecule has 3 aromatic heterocycles. The predicted octanol–water partition coefficient (Wildman–Crippen LogP) is 4.78. The monoisotopic (exact) mass is 442 g/mol. The molecule has 1 fully saturated rings. The summed E-state index contributed by atoms with van der Waals surface area (Å²) in [6, 6.07) is 12.9.